The van der Waals surface area contributed by atoms with E-state index in [0.29, 0.717) is 34.4 Å². The lowest BCUT2D eigenvalue weighted by Crippen LogP contribution is -2.36. The third-order valence-electron chi connectivity index (χ3n) is 12.1. The van der Waals surface area contributed by atoms with Crippen LogP contribution < -0.4 is 31.6 Å². The molecule has 10 rings (SSSR count). The lowest BCUT2D eigenvalue weighted by atomic mass is 10.2. The molecule has 0 fully saturated rings. The second-order valence-corrected chi connectivity index (χ2v) is 21.0. The third-order valence-corrected chi connectivity index (χ3v) is 12.4. The maximum atomic E-state index is 14.7. The first-order valence-electron chi connectivity index (χ1n) is 26.9. The summed E-state index contributed by atoms with van der Waals surface area (Å²) in [5.74, 6) is -0.122. The number of alkyl halides is 4. The largest absolute Gasteiger partial charge is 0.488 e. The lowest BCUT2D eigenvalue weighted by molar-refractivity contribution is 0.0817. The predicted molar refractivity (Wildman–Crippen MR) is 320 cm³/mol. The van der Waals surface area contributed by atoms with Gasteiger partial charge in [-0.2, -0.15) is 0 Å². The molecule has 6 heterocycles. The minimum absolute atomic E-state index is 0.139. The molecule has 0 radical (unpaired) electrons. The van der Waals surface area contributed by atoms with Crippen LogP contribution in [-0.4, -0.2) is 109 Å². The number of aliphatic hydroxyl groups is 1. The molecule has 0 aliphatic carbocycles. The van der Waals surface area contributed by atoms with E-state index in [2.05, 4.69) is 84.7 Å². The molecular weight excluding hydrogens is 1130 g/mol. The minimum atomic E-state index is -2.66. The van der Waals surface area contributed by atoms with E-state index in [1.54, 1.807) is 77.3 Å². The van der Waals surface area contributed by atoms with Gasteiger partial charge in [-0.1, -0.05) is 42.8 Å². The van der Waals surface area contributed by atoms with E-state index in [0.717, 1.165) is 23.0 Å². The standard InChI is InChI=1S/C24H19F3N6O2.C18H16F3N3O2.C8H19N.C6H4ClN3.C4H10O/c1-13(31-22-16-8-9-28-21(16)29-12-30-22)23-32-18-7-3-6-17(25)20(18)24(34)33(23)14-4-2-5-15(10-14)35-11-19(26)27;1-10(22)17-23-14-7-3-6-13(19)16(14)18(25)24(17)11-4-2-5-12(8-11)26-9-15(20)21;1-6-9(7(2)3)8(4)5;7-5-4-1-2-8-6(4)10-3-9-5;1-4(2,3)5/h2-10,12-13,19H,11H2,1H3,(H2,28,29,30,31);2-8,10,15H,9,22H2,1H3;7-8H,6H2,1-5H3;1-3H,(H,8,9,10);5H,1-3H3/t13-;10-;;;/m00.../s1. The molecule has 10 aromatic rings. The number of hydrogen-bond donors (Lipinski definition) is 5. The number of fused-ring (bicyclic) bond motifs is 4. The Morgan fingerprint density at radius 1 is 0.659 bits per heavy atom. The minimum Gasteiger partial charge on any atom is -0.488 e. The number of H-pyrrole nitrogens is 2. The molecule has 2 atom stereocenters. The van der Waals surface area contributed by atoms with Crippen LogP contribution in [0.25, 0.3) is 55.2 Å². The number of halogens is 7. The summed E-state index contributed by atoms with van der Waals surface area (Å²) in [6, 6.07) is 24.3. The Labute approximate surface area is 491 Å². The van der Waals surface area contributed by atoms with Gasteiger partial charge in [-0.15, -0.1) is 0 Å². The molecule has 0 spiro atoms. The topological polar surface area (TPSA) is 233 Å². The highest BCUT2D eigenvalue weighted by Crippen LogP contribution is 2.28. The smallest absolute Gasteiger partial charge is 0.272 e. The van der Waals surface area contributed by atoms with Gasteiger partial charge >= 0.3 is 0 Å². The van der Waals surface area contributed by atoms with Gasteiger partial charge in [0.1, 0.15) is 93.7 Å². The Kier molecular flexibility index (Phi) is 23.1. The van der Waals surface area contributed by atoms with Crippen LogP contribution >= 0.6 is 11.6 Å². The summed E-state index contributed by atoms with van der Waals surface area (Å²) in [7, 11) is 0. The average molecular weight is 1200 g/mol. The Morgan fingerprint density at radius 2 is 1.09 bits per heavy atom. The molecular formula is C60H68ClF6N13O5. The number of nitrogens with two attached hydrogens (primary N) is 1. The van der Waals surface area contributed by atoms with Crippen molar-refractivity contribution in [3.63, 3.8) is 0 Å². The van der Waals surface area contributed by atoms with Crippen molar-refractivity contribution < 1.29 is 40.9 Å². The molecule has 0 amide bonds. The molecule has 18 nitrogen and oxygen atoms in total. The molecule has 0 saturated heterocycles. The average Bonchev–Trinajstić information content (AvgIpc) is 3.45. The normalized spacial score (nSPS) is 12.1. The van der Waals surface area contributed by atoms with Crippen molar-refractivity contribution in [2.45, 2.75) is 112 Å². The summed E-state index contributed by atoms with van der Waals surface area (Å²) in [6.07, 6.45) is 1.06. The van der Waals surface area contributed by atoms with Crippen LogP contribution in [-0.2, 0) is 0 Å². The van der Waals surface area contributed by atoms with Crippen LogP contribution in [0, 0.1) is 11.6 Å². The zero-order valence-electron chi connectivity index (χ0n) is 48.5. The molecule has 6 N–H and O–H groups in total. The zero-order valence-corrected chi connectivity index (χ0v) is 49.2. The Bertz CT molecular complexity index is 3910. The predicted octanol–water partition coefficient (Wildman–Crippen LogP) is 12.3. The van der Waals surface area contributed by atoms with Crippen LogP contribution in [0.15, 0.2) is 132 Å². The molecule has 6 aromatic heterocycles. The summed E-state index contributed by atoms with van der Waals surface area (Å²) < 4.78 is 91.3. The first-order valence-corrected chi connectivity index (χ1v) is 27.3. The molecule has 0 bridgehead atoms. The first-order chi connectivity index (χ1) is 40.3. The van der Waals surface area contributed by atoms with Crippen molar-refractivity contribution in [1.82, 2.24) is 53.9 Å². The van der Waals surface area contributed by atoms with Crippen molar-refractivity contribution in [3.8, 4) is 22.9 Å². The fourth-order valence-electron chi connectivity index (χ4n) is 8.68. The number of nitrogens with zero attached hydrogens (tertiary/aromatic N) is 9. The number of benzene rings is 4. The van der Waals surface area contributed by atoms with Crippen LogP contribution in [0.3, 0.4) is 0 Å². The first kappa shape index (κ1) is 65.7. The highest BCUT2D eigenvalue weighted by Gasteiger charge is 2.23. The van der Waals surface area contributed by atoms with Gasteiger partial charge in [0.2, 0.25) is 0 Å². The van der Waals surface area contributed by atoms with Crippen molar-refractivity contribution in [3.05, 3.63) is 171 Å². The summed E-state index contributed by atoms with van der Waals surface area (Å²) in [4.78, 5) is 60.0. The van der Waals surface area contributed by atoms with E-state index in [4.69, 9.17) is 31.9 Å². The van der Waals surface area contributed by atoms with Gasteiger partial charge in [-0.05, 0) is 130 Å². The van der Waals surface area contributed by atoms with E-state index >= 15 is 0 Å². The van der Waals surface area contributed by atoms with Crippen LogP contribution in [0.5, 0.6) is 11.5 Å². The molecule has 0 unspecified atom stereocenters. The van der Waals surface area contributed by atoms with Gasteiger partial charge in [-0.3, -0.25) is 23.6 Å². The maximum Gasteiger partial charge on any atom is 0.272 e. The maximum absolute atomic E-state index is 14.7. The monoisotopic (exact) mass is 1200 g/mol. The van der Waals surface area contributed by atoms with Gasteiger partial charge in [-0.25, -0.2) is 56.2 Å². The summed E-state index contributed by atoms with van der Waals surface area (Å²) >= 11 is 5.73. The Hall–Kier alpha value is -8.45. The van der Waals surface area contributed by atoms with Crippen LogP contribution in [0.2, 0.25) is 5.15 Å². The number of aromatic amines is 2. The fraction of sp³-hybridized carbons (Fsp3) is 0.333. The van der Waals surface area contributed by atoms with Crippen LogP contribution in [0.1, 0.15) is 93.0 Å². The SMILES string of the molecule is CC(C)(C)O.CCN(C(C)C)C(C)C.C[C@H](N)c1nc2cccc(F)c2c(=O)n1-c1cccc(OCC(F)F)c1.C[C@H](Nc1ncnc2[nH]ccc12)c1nc2cccc(F)c2c(=O)n1-c1cccc(OCC(F)F)c1.Clc1ncnc2[nH]ccc12. The van der Waals surface area contributed by atoms with Gasteiger partial charge in [0, 0.05) is 36.6 Å². The number of ether oxygens (including phenoxy) is 2. The van der Waals surface area contributed by atoms with E-state index in [9.17, 15) is 35.9 Å². The quantitative estimate of drug-likeness (QED) is 0.0475. The van der Waals surface area contributed by atoms with Gasteiger partial charge < -0.3 is 35.6 Å². The third kappa shape index (κ3) is 17.8. The molecule has 452 valence electrons. The van der Waals surface area contributed by atoms with Crippen molar-refractivity contribution in [2.75, 3.05) is 25.1 Å². The fourth-order valence-corrected chi connectivity index (χ4v) is 8.87. The van der Waals surface area contributed by atoms with E-state index in [1.165, 1.54) is 76.4 Å². The number of aromatic nitrogens is 10. The van der Waals surface area contributed by atoms with Crippen LogP contribution in [0.4, 0.5) is 32.2 Å². The van der Waals surface area contributed by atoms with Crippen molar-refractivity contribution in [1.29, 1.82) is 0 Å². The van der Waals surface area contributed by atoms with E-state index < -0.39 is 66.5 Å². The molecule has 0 aliphatic rings. The van der Waals surface area contributed by atoms with Gasteiger partial charge in [0.25, 0.3) is 24.0 Å². The second kappa shape index (κ2) is 29.9. The van der Waals surface area contributed by atoms with Gasteiger partial charge in [0.05, 0.1) is 50.9 Å². The summed E-state index contributed by atoms with van der Waals surface area (Å²) in [6.45, 7) is 19.4. The molecule has 0 saturated carbocycles. The van der Waals surface area contributed by atoms with Gasteiger partial charge in [0.15, 0.2) is 0 Å². The molecule has 0 aliphatic heterocycles. The highest BCUT2D eigenvalue weighted by molar-refractivity contribution is 6.33. The van der Waals surface area contributed by atoms with Crippen molar-refractivity contribution >= 4 is 61.3 Å². The highest BCUT2D eigenvalue weighted by atomic mass is 35.5. The Morgan fingerprint density at radius 3 is 1.53 bits per heavy atom. The summed E-state index contributed by atoms with van der Waals surface area (Å²) in [5.41, 5.74) is 6.55. The molecule has 25 heteroatoms. The number of nitrogens with one attached hydrogen (secondary N) is 3. The lowest BCUT2D eigenvalue weighted by Gasteiger charge is -2.28. The number of rotatable bonds is 15. The number of hydrogen-bond acceptors (Lipinski definition) is 14. The molecule has 85 heavy (non-hydrogen) atoms. The number of anilines is 1. The van der Waals surface area contributed by atoms with E-state index in [-0.39, 0.29) is 50.6 Å². The Balaban J connectivity index is 0.000000200. The second-order valence-electron chi connectivity index (χ2n) is 20.6. The summed E-state index contributed by atoms with van der Waals surface area (Å²) in [5, 5.41) is 13.5. The van der Waals surface area contributed by atoms with E-state index in [1.807, 2.05) is 12.1 Å². The molecule has 4 aromatic carbocycles. The zero-order chi connectivity index (χ0) is 62.3. The van der Waals surface area contributed by atoms with Crippen molar-refractivity contribution in [2.24, 2.45) is 5.73 Å².